The number of para-hydroxylation sites is 1. The smallest absolute Gasteiger partial charge is 0.243 e. The highest BCUT2D eigenvalue weighted by Gasteiger charge is 2.40. The van der Waals surface area contributed by atoms with Crippen molar-refractivity contribution >= 4 is 21.4 Å². The number of hydrogen-bond donors (Lipinski definition) is 0. The lowest BCUT2D eigenvalue weighted by atomic mass is 9.71. The van der Waals surface area contributed by atoms with Crippen molar-refractivity contribution in [3.63, 3.8) is 0 Å². The largest absolute Gasteiger partial charge is 0.493 e. The number of benzene rings is 1. The fraction of sp³-hybridized carbons (Fsp3) is 0.583. The topological polar surface area (TPSA) is 49.9 Å². The Morgan fingerprint density at radius 3 is 2.35 bits per heavy atom. The molecule has 0 aliphatic carbocycles. The zero-order valence-corrected chi connectivity index (χ0v) is 20.3. The minimum absolute atomic E-state index is 0.296. The summed E-state index contributed by atoms with van der Waals surface area (Å²) in [5.74, 6) is 1.51. The van der Waals surface area contributed by atoms with E-state index in [1.54, 1.807) is 15.8 Å². The lowest BCUT2D eigenvalue weighted by molar-refractivity contribution is 0.0525. The molecule has 5 nitrogen and oxygen atoms in total. The van der Waals surface area contributed by atoms with Gasteiger partial charge in [0.25, 0.3) is 0 Å². The first kappa shape index (κ1) is 22.8. The lowest BCUT2D eigenvalue weighted by Gasteiger charge is -2.46. The maximum Gasteiger partial charge on any atom is 0.243 e. The van der Waals surface area contributed by atoms with Gasteiger partial charge in [-0.25, -0.2) is 8.42 Å². The van der Waals surface area contributed by atoms with Crippen molar-refractivity contribution in [3.05, 3.63) is 46.7 Å². The molecule has 4 rings (SSSR count). The number of thiophene rings is 1. The van der Waals surface area contributed by atoms with Gasteiger partial charge in [-0.15, -0.1) is 0 Å². The van der Waals surface area contributed by atoms with Crippen molar-refractivity contribution in [3.8, 4) is 5.75 Å². The van der Waals surface area contributed by atoms with Crippen LogP contribution in [0.1, 0.15) is 45.1 Å². The Morgan fingerprint density at radius 1 is 1.03 bits per heavy atom. The Balaban J connectivity index is 1.31. The molecule has 0 radical (unpaired) electrons. The predicted molar refractivity (Wildman–Crippen MR) is 126 cm³/mol. The summed E-state index contributed by atoms with van der Waals surface area (Å²) >= 11 is 1.44. The molecule has 0 amide bonds. The summed E-state index contributed by atoms with van der Waals surface area (Å²) in [6, 6.07) is 10.1. The van der Waals surface area contributed by atoms with E-state index in [-0.39, 0.29) is 0 Å². The quantitative estimate of drug-likeness (QED) is 0.590. The van der Waals surface area contributed by atoms with E-state index in [9.17, 15) is 8.42 Å². The van der Waals surface area contributed by atoms with Gasteiger partial charge in [-0.2, -0.15) is 15.6 Å². The minimum atomic E-state index is -3.32. The number of rotatable bonds is 7. The lowest BCUT2D eigenvalue weighted by Crippen LogP contribution is -2.48. The van der Waals surface area contributed by atoms with Gasteiger partial charge in [0.2, 0.25) is 10.0 Å². The molecule has 31 heavy (non-hydrogen) atoms. The molecule has 2 aliphatic heterocycles. The normalized spacial score (nSPS) is 20.4. The van der Waals surface area contributed by atoms with Crippen LogP contribution in [-0.2, 0) is 16.6 Å². The molecule has 0 bridgehead atoms. The van der Waals surface area contributed by atoms with E-state index in [1.807, 2.05) is 11.4 Å². The third-order valence-corrected chi connectivity index (χ3v) is 9.50. The summed E-state index contributed by atoms with van der Waals surface area (Å²) in [5.41, 5.74) is 1.56. The minimum Gasteiger partial charge on any atom is -0.493 e. The Hall–Kier alpha value is -1.41. The van der Waals surface area contributed by atoms with Crippen molar-refractivity contribution in [1.29, 1.82) is 0 Å². The maximum atomic E-state index is 12.8. The molecule has 7 heteroatoms. The number of likely N-dealkylation sites (tertiary alicyclic amines) is 1. The van der Waals surface area contributed by atoms with E-state index in [2.05, 4.69) is 36.9 Å². The van der Waals surface area contributed by atoms with Crippen LogP contribution in [0.4, 0.5) is 0 Å². The standard InChI is InChI=1S/C24H34N2O3S2/c1-20(2)18-29-23-6-4-3-5-21(23)17-25-12-8-24(9-13-25)10-14-26(15-11-24)31(27,28)22-7-16-30-19-22/h3-7,16,19-20H,8-15,17-18H2,1-2H3. The molecule has 0 N–H and O–H groups in total. The molecule has 0 atom stereocenters. The molecule has 2 aliphatic rings. The summed E-state index contributed by atoms with van der Waals surface area (Å²) < 4.78 is 33.4. The summed E-state index contributed by atoms with van der Waals surface area (Å²) in [5, 5.41) is 3.57. The molecule has 1 aromatic carbocycles. The van der Waals surface area contributed by atoms with E-state index in [1.165, 1.54) is 16.9 Å². The van der Waals surface area contributed by atoms with Crippen LogP contribution < -0.4 is 4.74 Å². The van der Waals surface area contributed by atoms with Gasteiger partial charge in [0.1, 0.15) is 5.75 Å². The van der Waals surface area contributed by atoms with E-state index in [0.29, 0.717) is 29.3 Å². The number of nitrogens with zero attached hydrogens (tertiary/aromatic N) is 2. The zero-order valence-electron chi connectivity index (χ0n) is 18.6. The second-order valence-corrected chi connectivity index (χ2v) is 12.2. The van der Waals surface area contributed by atoms with Crippen LogP contribution in [-0.4, -0.2) is 50.4 Å². The van der Waals surface area contributed by atoms with Gasteiger partial charge >= 0.3 is 0 Å². The van der Waals surface area contributed by atoms with E-state index < -0.39 is 10.0 Å². The van der Waals surface area contributed by atoms with Crippen molar-refractivity contribution in [2.24, 2.45) is 11.3 Å². The number of sulfonamides is 1. The van der Waals surface area contributed by atoms with Gasteiger partial charge in [0.15, 0.2) is 0 Å². The number of piperidine rings is 2. The maximum absolute atomic E-state index is 12.8. The molecule has 170 valence electrons. The number of hydrogen-bond acceptors (Lipinski definition) is 5. The van der Waals surface area contributed by atoms with E-state index >= 15 is 0 Å². The molecule has 1 aromatic heterocycles. The Kier molecular flexibility index (Phi) is 7.06. The summed E-state index contributed by atoms with van der Waals surface area (Å²) in [7, 11) is -3.32. The monoisotopic (exact) mass is 462 g/mol. The first-order valence-electron chi connectivity index (χ1n) is 11.3. The first-order valence-corrected chi connectivity index (χ1v) is 13.7. The Labute approximate surface area is 191 Å². The molecule has 1 spiro atoms. The molecule has 3 heterocycles. The first-order chi connectivity index (χ1) is 14.9. The van der Waals surface area contributed by atoms with Gasteiger partial charge in [0, 0.05) is 30.6 Å². The zero-order chi connectivity index (χ0) is 21.9. The van der Waals surface area contributed by atoms with Gasteiger partial charge in [-0.05, 0) is 67.6 Å². The van der Waals surface area contributed by atoms with Gasteiger partial charge in [-0.3, -0.25) is 4.90 Å². The van der Waals surface area contributed by atoms with Crippen molar-refractivity contribution in [2.45, 2.75) is 51.0 Å². The van der Waals surface area contributed by atoms with E-state index in [0.717, 1.165) is 57.7 Å². The van der Waals surface area contributed by atoms with Gasteiger partial charge < -0.3 is 4.74 Å². The SMILES string of the molecule is CC(C)COc1ccccc1CN1CCC2(CC1)CCN(S(=O)(=O)c1ccsc1)CC2. The molecule has 0 saturated carbocycles. The van der Waals surface area contributed by atoms with Crippen LogP contribution >= 0.6 is 11.3 Å². The van der Waals surface area contributed by atoms with E-state index in [4.69, 9.17) is 4.74 Å². The highest BCUT2D eigenvalue weighted by atomic mass is 32.2. The van der Waals surface area contributed by atoms with Crippen LogP contribution in [0.2, 0.25) is 0 Å². The van der Waals surface area contributed by atoms with Crippen LogP contribution in [0.5, 0.6) is 5.75 Å². The number of ether oxygens (including phenoxy) is 1. The second-order valence-electron chi connectivity index (χ2n) is 9.45. The predicted octanol–water partition coefficient (Wildman–Crippen LogP) is 4.85. The Morgan fingerprint density at radius 2 is 1.71 bits per heavy atom. The third kappa shape index (κ3) is 5.33. The highest BCUT2D eigenvalue weighted by Crippen LogP contribution is 2.42. The van der Waals surface area contributed by atoms with Crippen LogP contribution in [0.15, 0.2) is 46.0 Å². The van der Waals surface area contributed by atoms with Crippen LogP contribution in [0.25, 0.3) is 0 Å². The van der Waals surface area contributed by atoms with Crippen molar-refractivity contribution < 1.29 is 13.2 Å². The third-order valence-electron chi connectivity index (χ3n) is 6.77. The summed E-state index contributed by atoms with van der Waals surface area (Å²) in [6.07, 6.45) is 4.24. The molecular weight excluding hydrogens is 428 g/mol. The van der Waals surface area contributed by atoms with Crippen LogP contribution in [0, 0.1) is 11.3 Å². The Bertz CT molecular complexity index is 939. The van der Waals surface area contributed by atoms with Crippen molar-refractivity contribution in [2.75, 3.05) is 32.8 Å². The molecule has 2 fully saturated rings. The molecule has 2 aromatic rings. The fourth-order valence-corrected chi connectivity index (χ4v) is 7.16. The van der Waals surface area contributed by atoms with Gasteiger partial charge in [-0.1, -0.05) is 32.0 Å². The fourth-order valence-electron chi connectivity index (χ4n) is 4.71. The summed E-state index contributed by atoms with van der Waals surface area (Å²) in [6.45, 7) is 9.42. The summed E-state index contributed by atoms with van der Waals surface area (Å²) in [4.78, 5) is 2.97. The van der Waals surface area contributed by atoms with Crippen molar-refractivity contribution in [1.82, 2.24) is 9.21 Å². The average molecular weight is 463 g/mol. The van der Waals surface area contributed by atoms with Crippen LogP contribution in [0.3, 0.4) is 0 Å². The molecule has 2 saturated heterocycles. The molecule has 0 unspecified atom stereocenters. The van der Waals surface area contributed by atoms with Gasteiger partial charge in [0.05, 0.1) is 11.5 Å². The molecular formula is C24H34N2O3S2. The second kappa shape index (κ2) is 9.61. The average Bonchev–Trinajstić information content (AvgIpc) is 3.31. The highest BCUT2D eigenvalue weighted by molar-refractivity contribution is 7.89.